The zero-order valence-corrected chi connectivity index (χ0v) is 35.1. The molecule has 4 saturated carbocycles. The molecule has 2 heteroatoms. The van der Waals surface area contributed by atoms with E-state index < -0.39 is 0 Å². The van der Waals surface area contributed by atoms with Crippen LogP contribution in [0.5, 0.6) is 0 Å². The predicted octanol–water partition coefficient (Wildman–Crippen LogP) is 15.6. The van der Waals surface area contributed by atoms with E-state index >= 15 is 0 Å². The number of carbonyl (C=O) groups excluding carboxylic acids is 1. The lowest BCUT2D eigenvalue weighted by Gasteiger charge is -2.61. The van der Waals surface area contributed by atoms with Crippen LogP contribution in [-0.4, -0.2) is 12.6 Å². The van der Waals surface area contributed by atoms with Crippen molar-refractivity contribution in [3.8, 4) is 0 Å². The highest BCUT2D eigenvalue weighted by molar-refractivity contribution is 5.69. The first kappa shape index (κ1) is 42.9. The number of esters is 1. The van der Waals surface area contributed by atoms with Gasteiger partial charge in [-0.3, -0.25) is 4.79 Å². The van der Waals surface area contributed by atoms with Crippen molar-refractivity contribution in [1.29, 1.82) is 0 Å². The lowest BCUT2D eigenvalue weighted by atomic mass is 9.44. The summed E-state index contributed by atoms with van der Waals surface area (Å²) in [7, 11) is 0. The maximum atomic E-state index is 12.4. The van der Waals surface area contributed by atoms with Crippen molar-refractivity contribution < 1.29 is 9.53 Å². The molecule has 0 amide bonds. The molecular weight excluding hydrogens is 621 g/mol. The Hall–Kier alpha value is -0.790. The average Bonchev–Trinajstić information content (AvgIpc) is 3.48. The molecule has 0 aromatic carbocycles. The molecule has 0 aromatic heterocycles. The van der Waals surface area contributed by atoms with Crippen molar-refractivity contribution in [2.24, 2.45) is 52.3 Å². The summed E-state index contributed by atoms with van der Waals surface area (Å²) in [5.74, 6) is 6.34. The molecule has 2 unspecified atom stereocenters. The number of unbranched alkanes of at least 4 members (excludes halogenated alkanes) is 15. The second-order valence-corrected chi connectivity index (χ2v) is 19.6. The smallest absolute Gasteiger partial charge is 0.305 e. The van der Waals surface area contributed by atoms with Crippen LogP contribution in [0.2, 0.25) is 0 Å². The molecule has 0 aromatic rings. The van der Waals surface area contributed by atoms with Crippen LogP contribution in [0.25, 0.3) is 0 Å². The average molecular weight is 709 g/mol. The fraction of sp³-hybridized carbons (Fsp3) is 0.939. The highest BCUT2D eigenvalue weighted by atomic mass is 16.5. The Morgan fingerprint density at radius 1 is 0.647 bits per heavy atom. The summed E-state index contributed by atoms with van der Waals surface area (Å²) in [6, 6.07) is 0. The predicted molar refractivity (Wildman–Crippen MR) is 221 cm³/mol. The van der Waals surface area contributed by atoms with E-state index in [9.17, 15) is 4.79 Å². The van der Waals surface area contributed by atoms with Crippen LogP contribution >= 0.6 is 0 Å². The van der Waals surface area contributed by atoms with Crippen LogP contribution in [0.15, 0.2) is 12.2 Å². The highest BCUT2D eigenvalue weighted by Gasteiger charge is 2.60. The molecule has 0 aliphatic heterocycles. The molecule has 4 aliphatic carbocycles. The minimum Gasteiger partial charge on any atom is -0.465 e. The molecule has 0 saturated heterocycles. The topological polar surface area (TPSA) is 26.3 Å². The van der Waals surface area contributed by atoms with Crippen LogP contribution in [-0.2, 0) is 9.53 Å². The highest BCUT2D eigenvalue weighted by Crippen LogP contribution is 2.68. The van der Waals surface area contributed by atoms with Crippen LogP contribution in [0, 0.1) is 52.3 Å². The third-order valence-electron chi connectivity index (χ3n) is 15.9. The Morgan fingerprint density at radius 2 is 1.27 bits per heavy atom. The standard InChI is InChI=1S/C49H88O2/c1-6-7-8-9-10-11-12-13-14-15-16-17-18-19-20-21-22-23-24-31-47(50)51-39-40(2)28-27-29-41(3)44-34-35-45-43-33-32-42-30-25-26-37-48(42,4)46(43)36-38-49(44,45)5/h13-14,40-46H,6-12,15-39H2,1-5H3/b14-13-/t40?,41-,42?,43+,44-,45+,46+,48+,49-/m1/s1. The molecular formula is C49H88O2. The van der Waals surface area contributed by atoms with E-state index in [4.69, 9.17) is 4.74 Å². The number of ether oxygens (including phenoxy) is 1. The lowest BCUT2D eigenvalue weighted by molar-refractivity contribution is -0.145. The fourth-order valence-electron chi connectivity index (χ4n) is 12.7. The van der Waals surface area contributed by atoms with Crippen LogP contribution in [0.4, 0.5) is 0 Å². The summed E-state index contributed by atoms with van der Waals surface area (Å²) in [6.45, 7) is 13.3. The van der Waals surface area contributed by atoms with E-state index in [2.05, 4.69) is 46.8 Å². The van der Waals surface area contributed by atoms with E-state index in [1.165, 1.54) is 180 Å². The van der Waals surface area contributed by atoms with Gasteiger partial charge in [-0.25, -0.2) is 0 Å². The summed E-state index contributed by atoms with van der Waals surface area (Å²) in [4.78, 5) is 12.4. The molecule has 0 radical (unpaired) electrons. The molecule has 9 atom stereocenters. The Bertz CT molecular complexity index is 969. The van der Waals surface area contributed by atoms with Gasteiger partial charge in [0, 0.05) is 6.42 Å². The van der Waals surface area contributed by atoms with Crippen molar-refractivity contribution in [3.05, 3.63) is 12.2 Å². The van der Waals surface area contributed by atoms with Gasteiger partial charge in [0.1, 0.15) is 0 Å². The number of fused-ring (bicyclic) bond motifs is 5. The maximum Gasteiger partial charge on any atom is 0.305 e. The number of hydrogen-bond donors (Lipinski definition) is 0. The summed E-state index contributed by atoms with van der Waals surface area (Å²) in [5, 5.41) is 0. The van der Waals surface area contributed by atoms with Crippen molar-refractivity contribution in [3.63, 3.8) is 0 Å². The summed E-state index contributed by atoms with van der Waals surface area (Å²) >= 11 is 0. The quantitative estimate of drug-likeness (QED) is 0.0508. The second-order valence-electron chi connectivity index (χ2n) is 19.6. The third-order valence-corrected chi connectivity index (χ3v) is 15.9. The van der Waals surface area contributed by atoms with E-state index in [-0.39, 0.29) is 5.97 Å². The third kappa shape index (κ3) is 13.2. The van der Waals surface area contributed by atoms with Crippen LogP contribution in [0.1, 0.15) is 234 Å². The van der Waals surface area contributed by atoms with E-state index in [0.29, 0.717) is 29.8 Å². The van der Waals surface area contributed by atoms with Gasteiger partial charge in [-0.15, -0.1) is 0 Å². The Kier molecular flexibility index (Phi) is 19.5. The van der Waals surface area contributed by atoms with Crippen LogP contribution in [0.3, 0.4) is 0 Å². The number of carbonyl (C=O) groups is 1. The summed E-state index contributed by atoms with van der Waals surface area (Å²) in [6.07, 6.45) is 47.0. The van der Waals surface area contributed by atoms with Crippen molar-refractivity contribution in [1.82, 2.24) is 0 Å². The maximum absolute atomic E-state index is 12.4. The van der Waals surface area contributed by atoms with Gasteiger partial charge in [0.2, 0.25) is 0 Å². The van der Waals surface area contributed by atoms with Gasteiger partial charge in [0.15, 0.2) is 0 Å². The summed E-state index contributed by atoms with van der Waals surface area (Å²) in [5.41, 5.74) is 1.25. The lowest BCUT2D eigenvalue weighted by Crippen LogP contribution is -2.53. The Balaban J connectivity index is 0.955. The molecule has 4 rings (SSSR count). The molecule has 4 fully saturated rings. The molecule has 51 heavy (non-hydrogen) atoms. The van der Waals surface area contributed by atoms with Crippen molar-refractivity contribution >= 4 is 5.97 Å². The Labute approximate surface area is 319 Å². The number of allylic oxidation sites excluding steroid dienone is 2. The van der Waals surface area contributed by atoms with Gasteiger partial charge >= 0.3 is 5.97 Å². The molecule has 0 N–H and O–H groups in total. The van der Waals surface area contributed by atoms with E-state index in [1.54, 1.807) is 6.42 Å². The van der Waals surface area contributed by atoms with E-state index in [0.717, 1.165) is 41.9 Å². The molecule has 4 aliphatic rings. The zero-order valence-electron chi connectivity index (χ0n) is 35.1. The summed E-state index contributed by atoms with van der Waals surface area (Å²) < 4.78 is 5.74. The van der Waals surface area contributed by atoms with Gasteiger partial charge < -0.3 is 4.74 Å². The molecule has 2 nitrogen and oxygen atoms in total. The largest absolute Gasteiger partial charge is 0.465 e. The van der Waals surface area contributed by atoms with Gasteiger partial charge in [-0.05, 0) is 142 Å². The molecule has 296 valence electrons. The van der Waals surface area contributed by atoms with Gasteiger partial charge in [0.05, 0.1) is 6.61 Å². The first-order chi connectivity index (χ1) is 24.8. The second kappa shape index (κ2) is 23.2. The van der Waals surface area contributed by atoms with Gasteiger partial charge in [-0.1, -0.05) is 150 Å². The van der Waals surface area contributed by atoms with Gasteiger partial charge in [0.25, 0.3) is 0 Å². The minimum absolute atomic E-state index is 0.0351. The van der Waals surface area contributed by atoms with Crippen molar-refractivity contribution in [2.45, 2.75) is 234 Å². The fourth-order valence-corrected chi connectivity index (χ4v) is 12.7. The van der Waals surface area contributed by atoms with E-state index in [1.807, 2.05) is 0 Å². The molecule has 0 heterocycles. The minimum atomic E-state index is 0.0351. The monoisotopic (exact) mass is 709 g/mol. The molecule has 0 bridgehead atoms. The number of hydrogen-bond acceptors (Lipinski definition) is 2. The zero-order chi connectivity index (χ0) is 36.4. The van der Waals surface area contributed by atoms with Gasteiger partial charge in [-0.2, -0.15) is 0 Å². The normalized spacial score (nSPS) is 31.6. The molecule has 0 spiro atoms. The van der Waals surface area contributed by atoms with Crippen LogP contribution < -0.4 is 0 Å². The SMILES string of the molecule is CCCCCCCC/C=C\CCCCCCCCCCCC(=O)OCC(C)CCC[C@@H](C)[C@H]1CC[C@H]2[C@@H]3CCC4CCCC[C@]4(C)[C@H]3CC[C@]12C. The first-order valence-corrected chi connectivity index (χ1v) is 23.6. The van der Waals surface area contributed by atoms with Crippen molar-refractivity contribution in [2.75, 3.05) is 6.61 Å². The number of rotatable bonds is 26. The first-order valence-electron chi connectivity index (χ1n) is 23.6. The Morgan fingerprint density at radius 3 is 1.96 bits per heavy atom.